The average Bonchev–Trinajstić information content (AvgIpc) is 3.06. The number of rotatable bonds is 2. The van der Waals surface area contributed by atoms with Crippen molar-refractivity contribution in [1.29, 1.82) is 0 Å². The van der Waals surface area contributed by atoms with Crippen molar-refractivity contribution in [1.82, 2.24) is 0 Å². The number of hydrogen-bond donors (Lipinski definition) is 0. The largest absolute Gasteiger partial charge is 0.233 e. The first kappa shape index (κ1) is 23.6. The molecule has 0 amide bonds. The van der Waals surface area contributed by atoms with E-state index in [2.05, 4.69) is 67.2 Å². The van der Waals surface area contributed by atoms with Gasteiger partial charge in [0.25, 0.3) is 0 Å². The summed E-state index contributed by atoms with van der Waals surface area (Å²) in [5, 5.41) is 1.77. The Kier molecular flexibility index (Phi) is 7.59. The number of hydrogen-bond acceptors (Lipinski definition) is 0. The van der Waals surface area contributed by atoms with Crippen molar-refractivity contribution in [2.75, 3.05) is 0 Å². The van der Waals surface area contributed by atoms with Gasteiger partial charge in [-0.2, -0.15) is 42.0 Å². The van der Waals surface area contributed by atoms with Crippen LogP contribution in [0.5, 0.6) is 0 Å². The van der Waals surface area contributed by atoms with E-state index < -0.39 is 8.07 Å². The van der Waals surface area contributed by atoms with E-state index >= 15 is 0 Å². The summed E-state index contributed by atoms with van der Waals surface area (Å²) in [6, 6.07) is 26.8. The molecule has 2 aliphatic rings. The standard InChI is InChI=1S/C26H28NSi.B.Y/c1-20-11-12-22(21-9-5-3-6-10-21)17-24(20)25-18-26-23(19-27(25)2)13-16-28(26)14-7-4-8-15-28;;/h3,5-6,9,11-12,18-19H,4,7-8,13-16H2,1-2H3;;/q-1;;. The van der Waals surface area contributed by atoms with Crippen molar-refractivity contribution in [3.63, 3.8) is 0 Å². The van der Waals surface area contributed by atoms with Gasteiger partial charge in [0.1, 0.15) is 12.7 Å². The van der Waals surface area contributed by atoms with Crippen molar-refractivity contribution in [2.24, 2.45) is 7.05 Å². The van der Waals surface area contributed by atoms with Crippen molar-refractivity contribution in [2.45, 2.75) is 50.7 Å². The molecule has 0 bridgehead atoms. The quantitative estimate of drug-likeness (QED) is 0.282. The second-order valence-corrected chi connectivity index (χ2v) is 13.4. The van der Waals surface area contributed by atoms with Crippen LogP contribution in [0.15, 0.2) is 48.7 Å². The van der Waals surface area contributed by atoms with E-state index in [0.717, 1.165) is 11.1 Å². The van der Waals surface area contributed by atoms with Gasteiger partial charge in [0, 0.05) is 46.7 Å². The molecule has 1 aromatic heterocycles. The Hall–Kier alpha value is -1.02. The molecule has 2 aromatic carbocycles. The molecule has 0 N–H and O–H groups in total. The van der Waals surface area contributed by atoms with Crippen LogP contribution >= 0.6 is 0 Å². The predicted octanol–water partition coefficient (Wildman–Crippen LogP) is 4.77. The fourth-order valence-electron chi connectivity index (χ4n) is 5.45. The second kappa shape index (κ2) is 9.63. The molecule has 0 atom stereocenters. The molecule has 2 aliphatic heterocycles. The van der Waals surface area contributed by atoms with Crippen LogP contribution in [-0.2, 0) is 46.2 Å². The molecular weight excluding hydrogens is 454 g/mol. The summed E-state index contributed by atoms with van der Waals surface area (Å²) in [5.41, 5.74) is 7.75. The van der Waals surface area contributed by atoms with E-state index in [0.29, 0.717) is 0 Å². The second-order valence-electron chi connectivity index (χ2n) is 8.76. The normalized spacial score (nSPS) is 16.5. The molecule has 1 saturated heterocycles. The zero-order valence-corrected chi connectivity index (χ0v) is 22.0. The zero-order chi connectivity index (χ0) is 19.1. The number of aryl methyl sites for hydroxylation is 3. The van der Waals surface area contributed by atoms with Crippen LogP contribution in [0.25, 0.3) is 22.4 Å². The monoisotopic (exact) mass is 482 g/mol. The summed E-state index contributed by atoms with van der Waals surface area (Å²) >= 11 is 0. The molecule has 1 fully saturated rings. The van der Waals surface area contributed by atoms with Crippen molar-refractivity contribution < 1.29 is 37.3 Å². The summed E-state index contributed by atoms with van der Waals surface area (Å²) < 4.78 is 2.34. The van der Waals surface area contributed by atoms with E-state index in [1.165, 1.54) is 60.6 Å². The Bertz CT molecular complexity index is 1030. The topological polar surface area (TPSA) is 3.88 Å². The van der Waals surface area contributed by atoms with Crippen LogP contribution in [0.1, 0.15) is 30.4 Å². The van der Waals surface area contributed by atoms with Gasteiger partial charge in [0.2, 0.25) is 0 Å². The van der Waals surface area contributed by atoms with Gasteiger partial charge in [-0.3, -0.25) is 0 Å². The zero-order valence-electron chi connectivity index (χ0n) is 18.2. The molecule has 0 aliphatic carbocycles. The third kappa shape index (κ3) is 4.18. The Morgan fingerprint density at radius 3 is 2.50 bits per heavy atom. The van der Waals surface area contributed by atoms with Crippen LogP contribution in [0.3, 0.4) is 0 Å². The number of pyridine rings is 1. The van der Waals surface area contributed by atoms with E-state index in [4.69, 9.17) is 0 Å². The van der Waals surface area contributed by atoms with Gasteiger partial charge in [-0.05, 0) is 18.5 Å². The van der Waals surface area contributed by atoms with Crippen molar-refractivity contribution >= 4 is 21.7 Å². The predicted molar refractivity (Wildman–Crippen MR) is 124 cm³/mol. The third-order valence-corrected chi connectivity index (χ3v) is 12.5. The van der Waals surface area contributed by atoms with Gasteiger partial charge in [-0.25, -0.2) is 10.1 Å². The first-order chi connectivity index (χ1) is 13.7. The third-order valence-electron chi connectivity index (χ3n) is 7.02. The molecule has 5 rings (SSSR count). The molecule has 1 spiro atoms. The maximum Gasteiger partial charge on any atom is 0.165 e. The molecular formula is C26H28BNSiY-. The molecule has 0 unspecified atom stereocenters. The summed E-state index contributed by atoms with van der Waals surface area (Å²) in [6.07, 6.45) is 8.08. The van der Waals surface area contributed by atoms with Crippen molar-refractivity contribution in [3.8, 4) is 22.4 Å². The minimum absolute atomic E-state index is 0. The summed E-state index contributed by atoms with van der Waals surface area (Å²) in [5.74, 6) is 0. The smallest absolute Gasteiger partial charge is 0.165 e. The van der Waals surface area contributed by atoms with Crippen LogP contribution in [0, 0.1) is 19.1 Å². The first-order valence-corrected chi connectivity index (χ1v) is 13.3. The van der Waals surface area contributed by atoms with Crippen LogP contribution < -0.4 is 9.75 Å². The number of fused-ring (bicyclic) bond motifs is 2. The van der Waals surface area contributed by atoms with Gasteiger partial charge in [0.05, 0.1) is 8.07 Å². The molecule has 30 heavy (non-hydrogen) atoms. The number of aromatic nitrogens is 1. The fraction of sp³-hybridized carbons (Fsp3) is 0.346. The number of benzene rings is 2. The first-order valence-electron chi connectivity index (χ1n) is 10.7. The van der Waals surface area contributed by atoms with Crippen LogP contribution in [0.4, 0.5) is 0 Å². The maximum atomic E-state index is 3.73. The molecule has 4 radical (unpaired) electrons. The van der Waals surface area contributed by atoms with Crippen LogP contribution in [-0.4, -0.2) is 16.5 Å². The van der Waals surface area contributed by atoms with Gasteiger partial charge in [-0.1, -0.05) is 49.0 Å². The molecule has 148 valence electrons. The van der Waals surface area contributed by atoms with E-state index in [1.807, 2.05) is 12.1 Å². The fourth-order valence-corrected chi connectivity index (χ4v) is 10.9. The minimum atomic E-state index is -1.26. The summed E-state index contributed by atoms with van der Waals surface area (Å²) in [6.45, 7) is 2.21. The summed E-state index contributed by atoms with van der Waals surface area (Å²) in [4.78, 5) is 0. The van der Waals surface area contributed by atoms with Gasteiger partial charge >= 0.3 is 0 Å². The van der Waals surface area contributed by atoms with Gasteiger partial charge in [0.15, 0.2) is 6.20 Å². The average molecular weight is 482 g/mol. The summed E-state index contributed by atoms with van der Waals surface area (Å²) in [7, 11) is 0.950. The van der Waals surface area contributed by atoms with E-state index in [1.54, 1.807) is 10.8 Å². The molecule has 1 nitrogen and oxygen atoms in total. The Labute approximate surface area is 209 Å². The van der Waals surface area contributed by atoms with Crippen LogP contribution in [0.2, 0.25) is 18.1 Å². The minimum Gasteiger partial charge on any atom is -0.233 e. The maximum absolute atomic E-state index is 3.73. The van der Waals surface area contributed by atoms with Crippen molar-refractivity contribution in [3.05, 3.63) is 71.9 Å². The molecule has 3 aromatic rings. The Morgan fingerprint density at radius 2 is 1.77 bits per heavy atom. The van der Waals surface area contributed by atoms with Gasteiger partial charge in [-0.15, -0.1) is 17.7 Å². The molecule has 4 heteroatoms. The Balaban J connectivity index is 0.00000128. The SMILES string of the molecule is Cc1ccc(-c2[c-]cccc2)[c-]c1-c1cc2c(c[n+]1C)CC[Si]21CCCCC1.[B].[Y]. The Morgan fingerprint density at radius 1 is 0.967 bits per heavy atom. The van der Waals surface area contributed by atoms with E-state index in [-0.39, 0.29) is 41.1 Å². The molecule has 3 heterocycles. The number of nitrogens with zero attached hydrogens (tertiary/aromatic N) is 1. The van der Waals surface area contributed by atoms with Gasteiger partial charge < -0.3 is 0 Å². The van der Waals surface area contributed by atoms with E-state index in [9.17, 15) is 0 Å². The molecule has 0 saturated carbocycles.